The smallest absolute Gasteiger partial charge is 0.410 e. The molecule has 2 rings (SSSR count). The number of rotatable bonds is 1. The second-order valence-electron chi connectivity index (χ2n) is 5.75. The van der Waals surface area contributed by atoms with Gasteiger partial charge in [-0.25, -0.2) is 4.79 Å². The Balaban J connectivity index is 2.05. The summed E-state index contributed by atoms with van der Waals surface area (Å²) in [6.07, 6.45) is 1.28. The van der Waals surface area contributed by atoms with Gasteiger partial charge in [-0.1, -0.05) is 6.07 Å². The SMILES string of the molecule is CC(C)(C)OC(=O)N1CC(C#N)(c2ccccn2)C1. The fraction of sp³-hybridized carbons (Fsp3) is 0.500. The third-order valence-electron chi connectivity index (χ3n) is 2.94. The highest BCUT2D eigenvalue weighted by Crippen LogP contribution is 2.33. The third kappa shape index (κ3) is 2.68. The predicted molar refractivity (Wildman–Crippen MR) is 69.3 cm³/mol. The Morgan fingerprint density at radius 2 is 2.16 bits per heavy atom. The summed E-state index contributed by atoms with van der Waals surface area (Å²) in [5, 5.41) is 9.35. The largest absolute Gasteiger partial charge is 0.444 e. The minimum atomic E-state index is -0.696. The van der Waals surface area contributed by atoms with Gasteiger partial charge in [-0.15, -0.1) is 0 Å². The molecule has 2 heterocycles. The highest BCUT2D eigenvalue weighted by atomic mass is 16.6. The fourth-order valence-electron chi connectivity index (χ4n) is 2.00. The quantitative estimate of drug-likeness (QED) is 0.774. The van der Waals surface area contributed by atoms with Crippen molar-refractivity contribution in [1.82, 2.24) is 9.88 Å². The highest BCUT2D eigenvalue weighted by molar-refractivity contribution is 5.70. The van der Waals surface area contributed by atoms with Gasteiger partial charge in [-0.05, 0) is 32.9 Å². The van der Waals surface area contributed by atoms with Gasteiger partial charge in [0.05, 0.1) is 24.9 Å². The maximum atomic E-state index is 11.8. The molecular weight excluding hydrogens is 242 g/mol. The van der Waals surface area contributed by atoms with Crippen LogP contribution >= 0.6 is 0 Å². The first-order chi connectivity index (χ1) is 8.86. The maximum Gasteiger partial charge on any atom is 0.410 e. The summed E-state index contributed by atoms with van der Waals surface area (Å²) in [6.45, 7) is 6.12. The predicted octanol–water partition coefficient (Wildman–Crippen LogP) is 2.09. The molecule has 0 bridgehead atoms. The molecule has 0 aromatic carbocycles. The van der Waals surface area contributed by atoms with Crippen molar-refractivity contribution in [2.24, 2.45) is 0 Å². The molecule has 5 heteroatoms. The second-order valence-corrected chi connectivity index (χ2v) is 5.75. The zero-order chi connectivity index (χ0) is 14.1. The molecule has 1 aliphatic heterocycles. The van der Waals surface area contributed by atoms with Crippen LogP contribution in [-0.2, 0) is 10.2 Å². The number of nitrogens with zero attached hydrogens (tertiary/aromatic N) is 3. The van der Waals surface area contributed by atoms with Crippen LogP contribution in [0.15, 0.2) is 24.4 Å². The molecule has 1 fully saturated rings. The maximum absolute atomic E-state index is 11.8. The average Bonchev–Trinajstić information content (AvgIpc) is 2.27. The topological polar surface area (TPSA) is 66.2 Å². The van der Waals surface area contributed by atoms with Gasteiger partial charge in [0.2, 0.25) is 0 Å². The Kier molecular flexibility index (Phi) is 3.19. The number of amides is 1. The van der Waals surface area contributed by atoms with E-state index in [0.29, 0.717) is 18.8 Å². The van der Waals surface area contributed by atoms with E-state index in [0.717, 1.165) is 0 Å². The van der Waals surface area contributed by atoms with Crippen LogP contribution in [0.5, 0.6) is 0 Å². The van der Waals surface area contributed by atoms with E-state index in [1.165, 1.54) is 4.90 Å². The molecule has 1 aromatic heterocycles. The molecule has 5 nitrogen and oxygen atoms in total. The molecule has 0 saturated carbocycles. The van der Waals surface area contributed by atoms with Crippen LogP contribution in [0.4, 0.5) is 4.79 Å². The standard InChI is InChI=1S/C14H17N3O2/c1-13(2,3)19-12(18)17-9-14(8-15,10-17)11-6-4-5-7-16-11/h4-7H,9-10H2,1-3H3. The van der Waals surface area contributed by atoms with Gasteiger partial charge in [0.1, 0.15) is 11.0 Å². The lowest BCUT2D eigenvalue weighted by Gasteiger charge is -2.44. The number of pyridine rings is 1. The van der Waals surface area contributed by atoms with Crippen LogP contribution in [0.25, 0.3) is 0 Å². The number of carbonyl (C=O) groups is 1. The van der Waals surface area contributed by atoms with Gasteiger partial charge in [-0.2, -0.15) is 5.26 Å². The summed E-state index contributed by atoms with van der Waals surface area (Å²) in [4.78, 5) is 17.6. The summed E-state index contributed by atoms with van der Waals surface area (Å²) >= 11 is 0. The summed E-state index contributed by atoms with van der Waals surface area (Å²) in [6, 6.07) is 7.73. The summed E-state index contributed by atoms with van der Waals surface area (Å²) < 4.78 is 5.27. The van der Waals surface area contributed by atoms with E-state index in [1.54, 1.807) is 12.3 Å². The summed E-state index contributed by atoms with van der Waals surface area (Å²) in [5.41, 5.74) is -0.511. The van der Waals surface area contributed by atoms with E-state index in [2.05, 4.69) is 11.1 Å². The molecule has 0 atom stereocenters. The number of carbonyl (C=O) groups excluding carboxylic acids is 1. The second kappa shape index (κ2) is 4.54. The molecule has 19 heavy (non-hydrogen) atoms. The van der Waals surface area contributed by atoms with Gasteiger partial charge in [0, 0.05) is 6.20 Å². The van der Waals surface area contributed by atoms with E-state index in [1.807, 2.05) is 32.9 Å². The minimum absolute atomic E-state index is 0.329. The number of aromatic nitrogens is 1. The van der Waals surface area contributed by atoms with Crippen molar-refractivity contribution in [3.05, 3.63) is 30.1 Å². The average molecular weight is 259 g/mol. The molecule has 0 N–H and O–H groups in total. The molecule has 1 aliphatic rings. The van der Waals surface area contributed by atoms with Crippen molar-refractivity contribution in [3.63, 3.8) is 0 Å². The molecule has 1 saturated heterocycles. The van der Waals surface area contributed by atoms with Crippen LogP contribution in [0.1, 0.15) is 26.5 Å². The third-order valence-corrected chi connectivity index (χ3v) is 2.94. The van der Waals surface area contributed by atoms with E-state index < -0.39 is 11.0 Å². The summed E-state index contributed by atoms with van der Waals surface area (Å²) in [7, 11) is 0. The lowest BCUT2D eigenvalue weighted by molar-refractivity contribution is -0.000992. The molecular formula is C14H17N3O2. The minimum Gasteiger partial charge on any atom is -0.444 e. The van der Waals surface area contributed by atoms with Crippen molar-refractivity contribution in [2.45, 2.75) is 31.8 Å². The molecule has 1 amide bonds. The van der Waals surface area contributed by atoms with Gasteiger partial charge in [0.25, 0.3) is 0 Å². The zero-order valence-corrected chi connectivity index (χ0v) is 11.4. The number of hydrogen-bond acceptors (Lipinski definition) is 4. The van der Waals surface area contributed by atoms with Crippen molar-refractivity contribution in [3.8, 4) is 6.07 Å². The van der Waals surface area contributed by atoms with Gasteiger partial charge in [0.15, 0.2) is 0 Å². The number of likely N-dealkylation sites (tertiary alicyclic amines) is 1. The van der Waals surface area contributed by atoms with Crippen LogP contribution in [0.3, 0.4) is 0 Å². The highest BCUT2D eigenvalue weighted by Gasteiger charge is 2.49. The van der Waals surface area contributed by atoms with Gasteiger partial charge in [-0.3, -0.25) is 4.98 Å². The number of hydrogen-bond donors (Lipinski definition) is 0. The first-order valence-corrected chi connectivity index (χ1v) is 6.17. The normalized spacial score (nSPS) is 17.3. The monoisotopic (exact) mass is 259 g/mol. The molecule has 100 valence electrons. The van der Waals surface area contributed by atoms with Gasteiger partial charge >= 0.3 is 6.09 Å². The van der Waals surface area contributed by atoms with E-state index in [-0.39, 0.29) is 6.09 Å². The van der Waals surface area contributed by atoms with Crippen LogP contribution in [0.2, 0.25) is 0 Å². The lowest BCUT2D eigenvalue weighted by atomic mass is 9.78. The first-order valence-electron chi connectivity index (χ1n) is 6.17. The molecule has 0 spiro atoms. The Bertz CT molecular complexity index is 508. The Morgan fingerprint density at radius 1 is 1.47 bits per heavy atom. The Hall–Kier alpha value is -2.09. The Labute approximate surface area is 112 Å². The van der Waals surface area contributed by atoms with Crippen LogP contribution < -0.4 is 0 Å². The van der Waals surface area contributed by atoms with Crippen LogP contribution in [0, 0.1) is 11.3 Å². The van der Waals surface area contributed by atoms with Crippen LogP contribution in [-0.4, -0.2) is 34.7 Å². The van der Waals surface area contributed by atoms with Crippen molar-refractivity contribution in [1.29, 1.82) is 5.26 Å². The molecule has 0 aliphatic carbocycles. The fourth-order valence-corrected chi connectivity index (χ4v) is 2.00. The van der Waals surface area contributed by atoms with Crippen molar-refractivity contribution < 1.29 is 9.53 Å². The van der Waals surface area contributed by atoms with E-state index >= 15 is 0 Å². The van der Waals surface area contributed by atoms with Crippen molar-refractivity contribution in [2.75, 3.05) is 13.1 Å². The first kappa shape index (κ1) is 13.3. The number of nitriles is 1. The molecule has 0 radical (unpaired) electrons. The van der Waals surface area contributed by atoms with Gasteiger partial charge < -0.3 is 9.64 Å². The Morgan fingerprint density at radius 3 is 2.63 bits per heavy atom. The van der Waals surface area contributed by atoms with E-state index in [9.17, 15) is 10.1 Å². The zero-order valence-electron chi connectivity index (χ0n) is 11.4. The number of ether oxygens (including phenoxy) is 1. The van der Waals surface area contributed by atoms with Crippen molar-refractivity contribution >= 4 is 6.09 Å². The lowest BCUT2D eigenvalue weighted by Crippen LogP contribution is -2.61. The van der Waals surface area contributed by atoms with E-state index in [4.69, 9.17) is 4.74 Å². The summed E-state index contributed by atoms with van der Waals surface area (Å²) in [5.74, 6) is 0. The molecule has 1 aromatic rings. The molecule has 0 unspecified atom stereocenters.